The van der Waals surface area contributed by atoms with E-state index in [1.165, 1.54) is 6.33 Å². The molecule has 0 spiro atoms. The summed E-state index contributed by atoms with van der Waals surface area (Å²) in [5, 5.41) is 13.2. The van der Waals surface area contributed by atoms with E-state index in [0.717, 1.165) is 30.7 Å². The number of carbonyl (C=O) groups is 1. The molecule has 3 unspecified atom stereocenters. The van der Waals surface area contributed by atoms with Gasteiger partial charge in [0.25, 0.3) is 0 Å². The highest BCUT2D eigenvalue weighted by Crippen LogP contribution is 2.33. The Morgan fingerprint density at radius 2 is 2.00 bits per heavy atom. The number of rotatable bonds is 10. The summed E-state index contributed by atoms with van der Waals surface area (Å²) in [5.41, 5.74) is -0.0425. The molecule has 8 nitrogen and oxygen atoms in total. The second-order valence-corrected chi connectivity index (χ2v) is 9.88. The predicted octanol–water partition coefficient (Wildman–Crippen LogP) is 3.96. The third-order valence-electron chi connectivity index (χ3n) is 5.82. The van der Waals surface area contributed by atoms with Crippen molar-refractivity contribution in [3.8, 4) is 11.6 Å². The monoisotopic (exact) mass is 490 g/mol. The first-order chi connectivity index (χ1) is 16.1. The molecular formula is C25H35ClN4O4. The summed E-state index contributed by atoms with van der Waals surface area (Å²) >= 11 is 6.49. The highest BCUT2D eigenvalue weighted by molar-refractivity contribution is 6.34. The van der Waals surface area contributed by atoms with Gasteiger partial charge in [0.05, 0.1) is 18.1 Å². The SMILES string of the molecule is CCC(C)NC(=O)C(C)c1ccc(OC2CCN(c3ncnc(OCC(C)(C)O)c3Cl)C2)cc1. The van der Waals surface area contributed by atoms with Crippen LogP contribution in [-0.4, -0.2) is 58.4 Å². The number of nitrogens with zero attached hydrogens (tertiary/aromatic N) is 3. The Balaban J connectivity index is 1.58. The average Bonchev–Trinajstić information content (AvgIpc) is 3.25. The number of benzene rings is 1. The highest BCUT2D eigenvalue weighted by Gasteiger charge is 2.28. The molecule has 3 rings (SSSR count). The standard InChI is InChI=1S/C25H35ClN4O4/c1-6-16(2)29-23(31)17(3)18-7-9-19(10-8-18)34-20-11-12-30(13-20)22-21(26)24(28-15-27-22)33-14-25(4,5)32/h7-10,15-17,20,32H,6,11-14H2,1-5H3,(H,29,31). The fourth-order valence-corrected chi connectivity index (χ4v) is 3.85. The molecule has 3 atom stereocenters. The number of aromatic nitrogens is 2. The van der Waals surface area contributed by atoms with E-state index in [9.17, 15) is 9.90 Å². The Morgan fingerprint density at radius 1 is 1.29 bits per heavy atom. The van der Waals surface area contributed by atoms with Gasteiger partial charge in [-0.05, 0) is 51.8 Å². The van der Waals surface area contributed by atoms with Crippen LogP contribution in [0.3, 0.4) is 0 Å². The number of ether oxygens (including phenoxy) is 2. The molecule has 9 heteroatoms. The molecule has 1 aliphatic rings. The first-order valence-electron chi connectivity index (χ1n) is 11.7. The summed E-state index contributed by atoms with van der Waals surface area (Å²) in [6, 6.07) is 7.86. The van der Waals surface area contributed by atoms with Gasteiger partial charge in [0.2, 0.25) is 11.8 Å². The summed E-state index contributed by atoms with van der Waals surface area (Å²) in [6.07, 6.45) is 3.10. The summed E-state index contributed by atoms with van der Waals surface area (Å²) in [7, 11) is 0. The molecule has 2 heterocycles. The molecular weight excluding hydrogens is 456 g/mol. The van der Waals surface area contributed by atoms with Crippen LogP contribution in [0, 0.1) is 0 Å². The average molecular weight is 491 g/mol. The molecule has 1 aromatic carbocycles. The second-order valence-electron chi connectivity index (χ2n) is 9.50. The Labute approximate surface area is 206 Å². The van der Waals surface area contributed by atoms with Crippen LogP contribution in [0.2, 0.25) is 5.02 Å². The van der Waals surface area contributed by atoms with E-state index in [4.69, 9.17) is 21.1 Å². The lowest BCUT2D eigenvalue weighted by atomic mass is 10.00. The highest BCUT2D eigenvalue weighted by atomic mass is 35.5. The van der Waals surface area contributed by atoms with Gasteiger partial charge in [-0.3, -0.25) is 4.79 Å². The molecule has 1 fully saturated rings. The molecule has 2 aromatic rings. The van der Waals surface area contributed by atoms with Crippen molar-refractivity contribution in [1.29, 1.82) is 0 Å². The van der Waals surface area contributed by atoms with E-state index >= 15 is 0 Å². The molecule has 1 aliphatic heterocycles. The lowest BCUT2D eigenvalue weighted by molar-refractivity contribution is -0.122. The third kappa shape index (κ3) is 6.96. The van der Waals surface area contributed by atoms with Crippen LogP contribution in [0.4, 0.5) is 5.82 Å². The molecule has 0 bridgehead atoms. The number of hydrogen-bond donors (Lipinski definition) is 2. The minimum Gasteiger partial charge on any atom is -0.489 e. The van der Waals surface area contributed by atoms with Gasteiger partial charge in [0, 0.05) is 19.0 Å². The molecule has 1 saturated heterocycles. The lowest BCUT2D eigenvalue weighted by Gasteiger charge is -2.21. The van der Waals surface area contributed by atoms with Crippen molar-refractivity contribution in [2.75, 3.05) is 24.6 Å². The smallest absolute Gasteiger partial charge is 0.238 e. The van der Waals surface area contributed by atoms with Crippen LogP contribution in [0.25, 0.3) is 0 Å². The summed E-state index contributed by atoms with van der Waals surface area (Å²) in [6.45, 7) is 10.7. The molecule has 0 aliphatic carbocycles. The van der Waals surface area contributed by atoms with Gasteiger partial charge in [0.1, 0.15) is 29.8 Å². The van der Waals surface area contributed by atoms with E-state index in [1.54, 1.807) is 13.8 Å². The van der Waals surface area contributed by atoms with E-state index < -0.39 is 5.60 Å². The Kier molecular flexibility index (Phi) is 8.60. The molecule has 34 heavy (non-hydrogen) atoms. The van der Waals surface area contributed by atoms with Crippen molar-refractivity contribution in [2.45, 2.75) is 71.1 Å². The van der Waals surface area contributed by atoms with Crippen molar-refractivity contribution in [3.63, 3.8) is 0 Å². The minimum atomic E-state index is -0.994. The van der Waals surface area contributed by atoms with Crippen LogP contribution < -0.4 is 19.7 Å². The zero-order valence-electron chi connectivity index (χ0n) is 20.5. The van der Waals surface area contributed by atoms with Gasteiger partial charge in [-0.15, -0.1) is 0 Å². The van der Waals surface area contributed by atoms with E-state index in [2.05, 4.69) is 22.2 Å². The summed E-state index contributed by atoms with van der Waals surface area (Å²) in [4.78, 5) is 22.9. The number of amides is 1. The Bertz CT molecular complexity index is 964. The second kappa shape index (κ2) is 11.2. The maximum absolute atomic E-state index is 12.4. The number of anilines is 1. The summed E-state index contributed by atoms with van der Waals surface area (Å²) in [5.74, 6) is 1.40. The fraction of sp³-hybridized carbons (Fsp3) is 0.560. The maximum Gasteiger partial charge on any atom is 0.238 e. The van der Waals surface area contributed by atoms with Gasteiger partial charge in [-0.1, -0.05) is 30.7 Å². The normalized spacial score (nSPS) is 17.9. The number of carbonyl (C=O) groups excluding carboxylic acids is 1. The number of aliphatic hydroxyl groups is 1. The number of hydrogen-bond acceptors (Lipinski definition) is 7. The quantitative estimate of drug-likeness (QED) is 0.520. The largest absolute Gasteiger partial charge is 0.489 e. The van der Waals surface area contributed by atoms with Crippen molar-refractivity contribution in [1.82, 2.24) is 15.3 Å². The Hall–Kier alpha value is -2.58. The molecule has 1 aromatic heterocycles. The predicted molar refractivity (Wildman–Crippen MR) is 133 cm³/mol. The molecule has 0 radical (unpaired) electrons. The molecule has 0 saturated carbocycles. The number of nitrogens with one attached hydrogen (secondary N) is 1. The Morgan fingerprint density at radius 3 is 2.65 bits per heavy atom. The van der Waals surface area contributed by atoms with Gasteiger partial charge in [0.15, 0.2) is 5.82 Å². The molecule has 1 amide bonds. The van der Waals surface area contributed by atoms with Gasteiger partial charge >= 0.3 is 0 Å². The van der Waals surface area contributed by atoms with Crippen molar-refractivity contribution in [3.05, 3.63) is 41.2 Å². The zero-order valence-corrected chi connectivity index (χ0v) is 21.3. The number of halogens is 1. The molecule has 186 valence electrons. The minimum absolute atomic E-state index is 0.0243. The van der Waals surface area contributed by atoms with Crippen molar-refractivity contribution in [2.24, 2.45) is 0 Å². The van der Waals surface area contributed by atoms with Crippen LogP contribution in [0.5, 0.6) is 11.6 Å². The van der Waals surface area contributed by atoms with Crippen molar-refractivity contribution >= 4 is 23.3 Å². The van der Waals surface area contributed by atoms with Crippen LogP contribution in [-0.2, 0) is 4.79 Å². The van der Waals surface area contributed by atoms with Crippen molar-refractivity contribution < 1.29 is 19.4 Å². The summed E-state index contributed by atoms with van der Waals surface area (Å²) < 4.78 is 11.8. The molecule has 2 N–H and O–H groups in total. The van der Waals surface area contributed by atoms with E-state index in [1.807, 2.05) is 43.0 Å². The lowest BCUT2D eigenvalue weighted by Crippen LogP contribution is -2.35. The fourth-order valence-electron chi connectivity index (χ4n) is 3.58. The van der Waals surface area contributed by atoms with Crippen LogP contribution in [0.15, 0.2) is 30.6 Å². The maximum atomic E-state index is 12.4. The van der Waals surface area contributed by atoms with Crippen LogP contribution >= 0.6 is 11.6 Å². The van der Waals surface area contributed by atoms with Gasteiger partial charge < -0.3 is 24.8 Å². The van der Waals surface area contributed by atoms with Crippen LogP contribution in [0.1, 0.15) is 58.9 Å². The van der Waals surface area contributed by atoms with E-state index in [0.29, 0.717) is 17.4 Å². The first-order valence-corrected chi connectivity index (χ1v) is 12.1. The first kappa shape index (κ1) is 26.0. The third-order valence-corrected chi connectivity index (χ3v) is 6.15. The van der Waals surface area contributed by atoms with Gasteiger partial charge in [-0.2, -0.15) is 0 Å². The van der Waals surface area contributed by atoms with Gasteiger partial charge in [-0.25, -0.2) is 9.97 Å². The zero-order chi connectivity index (χ0) is 24.9. The van der Waals surface area contributed by atoms with E-state index in [-0.39, 0.29) is 36.5 Å². The topological polar surface area (TPSA) is 96.8 Å².